The van der Waals surface area contributed by atoms with Crippen LogP contribution in [-0.2, 0) is 4.79 Å². The number of carboxylic acid groups (broad SMARTS) is 1. The Labute approximate surface area is 78.2 Å². The van der Waals surface area contributed by atoms with Gasteiger partial charge in [-0.15, -0.1) is 0 Å². The predicted molar refractivity (Wildman–Crippen MR) is 48.5 cm³/mol. The Kier molecular flexibility index (Phi) is 3.27. The van der Waals surface area contributed by atoms with Crippen LogP contribution in [0.4, 0.5) is 0 Å². The summed E-state index contributed by atoms with van der Waals surface area (Å²) >= 11 is 0. The van der Waals surface area contributed by atoms with E-state index in [0.717, 1.165) is 13.0 Å². The largest absolute Gasteiger partial charge is 0.480 e. The van der Waals surface area contributed by atoms with Crippen LogP contribution >= 0.6 is 0 Å². The Morgan fingerprint density at radius 2 is 2.31 bits per heavy atom. The van der Waals surface area contributed by atoms with Crippen molar-refractivity contribution in [2.75, 3.05) is 13.2 Å². The molecular weight excluding hydrogens is 170 g/mol. The van der Waals surface area contributed by atoms with Gasteiger partial charge in [-0.25, -0.2) is 0 Å². The van der Waals surface area contributed by atoms with Gasteiger partial charge in [0.05, 0.1) is 6.61 Å². The minimum absolute atomic E-state index is 0.0243. The molecule has 0 radical (unpaired) electrons. The first-order valence-corrected chi connectivity index (χ1v) is 4.67. The van der Waals surface area contributed by atoms with Crippen molar-refractivity contribution in [3.8, 4) is 0 Å². The van der Waals surface area contributed by atoms with E-state index >= 15 is 0 Å². The molecule has 13 heavy (non-hydrogen) atoms. The van der Waals surface area contributed by atoms with E-state index in [2.05, 4.69) is 0 Å². The second-order valence-electron chi connectivity index (χ2n) is 3.82. The van der Waals surface area contributed by atoms with Crippen molar-refractivity contribution in [2.24, 2.45) is 5.92 Å². The number of carbonyl (C=O) groups is 1. The summed E-state index contributed by atoms with van der Waals surface area (Å²) in [6.45, 7) is 4.60. The number of hydrogen-bond donors (Lipinski definition) is 2. The third kappa shape index (κ3) is 2.00. The van der Waals surface area contributed by atoms with Gasteiger partial charge in [0.15, 0.2) is 0 Å². The minimum atomic E-state index is -0.773. The molecular formula is C9H17NO3. The van der Waals surface area contributed by atoms with E-state index in [0.29, 0.717) is 0 Å². The molecule has 1 fully saturated rings. The van der Waals surface area contributed by atoms with Crippen molar-refractivity contribution >= 4 is 5.97 Å². The van der Waals surface area contributed by atoms with Crippen molar-refractivity contribution in [3.05, 3.63) is 0 Å². The molecule has 0 aromatic rings. The maximum atomic E-state index is 10.9. The van der Waals surface area contributed by atoms with Gasteiger partial charge in [-0.1, -0.05) is 6.92 Å². The van der Waals surface area contributed by atoms with Crippen LogP contribution < -0.4 is 0 Å². The second kappa shape index (κ2) is 4.07. The molecule has 0 saturated carbocycles. The molecule has 4 heteroatoms. The number of carboxylic acids is 1. The summed E-state index contributed by atoms with van der Waals surface area (Å²) in [5, 5.41) is 17.9. The maximum absolute atomic E-state index is 10.9. The fraction of sp³-hybridized carbons (Fsp3) is 0.889. The molecule has 1 aliphatic rings. The zero-order valence-corrected chi connectivity index (χ0v) is 8.10. The van der Waals surface area contributed by atoms with Gasteiger partial charge in [-0.05, 0) is 25.8 Å². The standard InChI is InChI=1S/C9H17NO3/c1-6-3-4-10(7(2)5-11)8(6)9(12)13/h6-8,11H,3-5H2,1-2H3,(H,12,13). The van der Waals surface area contributed by atoms with Crippen LogP contribution in [0.2, 0.25) is 0 Å². The summed E-state index contributed by atoms with van der Waals surface area (Å²) in [4.78, 5) is 12.8. The quantitative estimate of drug-likeness (QED) is 0.661. The first-order valence-electron chi connectivity index (χ1n) is 4.67. The van der Waals surface area contributed by atoms with E-state index in [9.17, 15) is 4.79 Å². The Balaban J connectivity index is 2.69. The van der Waals surface area contributed by atoms with Crippen molar-refractivity contribution in [1.82, 2.24) is 4.90 Å². The molecule has 1 saturated heterocycles. The molecule has 3 atom stereocenters. The van der Waals surface area contributed by atoms with Crippen LogP contribution in [-0.4, -0.2) is 46.3 Å². The Morgan fingerprint density at radius 3 is 2.77 bits per heavy atom. The molecule has 1 heterocycles. The molecule has 1 rings (SSSR count). The third-order valence-corrected chi connectivity index (χ3v) is 2.82. The Bertz CT molecular complexity index is 195. The van der Waals surface area contributed by atoms with Gasteiger partial charge >= 0.3 is 5.97 Å². The van der Waals surface area contributed by atoms with E-state index in [1.807, 2.05) is 18.7 Å². The van der Waals surface area contributed by atoms with Crippen molar-refractivity contribution in [3.63, 3.8) is 0 Å². The van der Waals surface area contributed by atoms with Crippen LogP contribution in [0.5, 0.6) is 0 Å². The molecule has 0 bridgehead atoms. The van der Waals surface area contributed by atoms with Gasteiger partial charge < -0.3 is 10.2 Å². The molecule has 4 nitrogen and oxygen atoms in total. The lowest BCUT2D eigenvalue weighted by atomic mass is 10.0. The van der Waals surface area contributed by atoms with Crippen LogP contribution in [0.3, 0.4) is 0 Å². The molecule has 3 unspecified atom stereocenters. The van der Waals surface area contributed by atoms with Gasteiger partial charge in [0.25, 0.3) is 0 Å². The smallest absolute Gasteiger partial charge is 0.321 e. The highest BCUT2D eigenvalue weighted by Crippen LogP contribution is 2.25. The number of rotatable bonds is 3. The molecule has 0 aromatic carbocycles. The van der Waals surface area contributed by atoms with Crippen molar-refractivity contribution in [1.29, 1.82) is 0 Å². The highest BCUT2D eigenvalue weighted by atomic mass is 16.4. The average molecular weight is 187 g/mol. The highest BCUT2D eigenvalue weighted by Gasteiger charge is 2.38. The van der Waals surface area contributed by atoms with E-state index < -0.39 is 12.0 Å². The van der Waals surface area contributed by atoms with Crippen molar-refractivity contribution < 1.29 is 15.0 Å². The second-order valence-corrected chi connectivity index (χ2v) is 3.82. The average Bonchev–Trinajstić information content (AvgIpc) is 2.45. The van der Waals surface area contributed by atoms with E-state index in [4.69, 9.17) is 10.2 Å². The van der Waals surface area contributed by atoms with Crippen molar-refractivity contribution in [2.45, 2.75) is 32.4 Å². The molecule has 0 aromatic heterocycles. The highest BCUT2D eigenvalue weighted by molar-refractivity contribution is 5.74. The fourth-order valence-corrected chi connectivity index (χ4v) is 1.96. The topological polar surface area (TPSA) is 60.8 Å². The lowest BCUT2D eigenvalue weighted by molar-refractivity contribution is -0.144. The lowest BCUT2D eigenvalue weighted by Crippen LogP contribution is -2.45. The van der Waals surface area contributed by atoms with Gasteiger partial charge in [-0.2, -0.15) is 0 Å². The van der Waals surface area contributed by atoms with Gasteiger partial charge in [0.1, 0.15) is 6.04 Å². The summed E-state index contributed by atoms with van der Waals surface area (Å²) < 4.78 is 0. The van der Waals surface area contributed by atoms with Gasteiger partial charge in [0.2, 0.25) is 0 Å². The zero-order chi connectivity index (χ0) is 10.0. The van der Waals surface area contributed by atoms with Crippen LogP contribution in [0.15, 0.2) is 0 Å². The summed E-state index contributed by atoms with van der Waals surface area (Å²) in [7, 11) is 0. The molecule has 76 valence electrons. The number of aliphatic hydroxyl groups is 1. The minimum Gasteiger partial charge on any atom is -0.480 e. The SMILES string of the molecule is CC1CCN(C(C)CO)C1C(=O)O. The van der Waals surface area contributed by atoms with Gasteiger partial charge in [-0.3, -0.25) is 9.69 Å². The lowest BCUT2D eigenvalue weighted by Gasteiger charge is -2.27. The summed E-state index contributed by atoms with van der Waals surface area (Å²) in [5.74, 6) is -0.586. The number of likely N-dealkylation sites (tertiary alicyclic amines) is 1. The number of aliphatic hydroxyl groups excluding tert-OH is 1. The molecule has 1 aliphatic heterocycles. The number of hydrogen-bond acceptors (Lipinski definition) is 3. The molecule has 0 amide bonds. The zero-order valence-electron chi connectivity index (χ0n) is 8.10. The Hall–Kier alpha value is -0.610. The van der Waals surface area contributed by atoms with E-state index in [1.54, 1.807) is 0 Å². The van der Waals surface area contributed by atoms with E-state index in [1.165, 1.54) is 0 Å². The first-order chi connectivity index (χ1) is 6.07. The molecule has 0 spiro atoms. The van der Waals surface area contributed by atoms with Crippen LogP contribution in [0, 0.1) is 5.92 Å². The van der Waals surface area contributed by atoms with Gasteiger partial charge in [0, 0.05) is 6.04 Å². The monoisotopic (exact) mass is 187 g/mol. The maximum Gasteiger partial charge on any atom is 0.321 e. The normalized spacial score (nSPS) is 31.9. The Morgan fingerprint density at radius 1 is 1.69 bits per heavy atom. The van der Waals surface area contributed by atoms with Crippen LogP contribution in [0.25, 0.3) is 0 Å². The number of nitrogens with zero attached hydrogens (tertiary/aromatic N) is 1. The predicted octanol–water partition coefficient (Wildman–Crippen LogP) is 0.162. The molecule has 2 N–H and O–H groups in total. The summed E-state index contributed by atoms with van der Waals surface area (Å²) in [6, 6.07) is -0.465. The third-order valence-electron chi connectivity index (χ3n) is 2.82. The number of aliphatic carboxylic acids is 1. The first kappa shape index (κ1) is 10.5. The summed E-state index contributed by atoms with van der Waals surface area (Å²) in [5.41, 5.74) is 0. The molecule has 0 aliphatic carbocycles. The fourth-order valence-electron chi connectivity index (χ4n) is 1.96. The van der Waals surface area contributed by atoms with E-state index in [-0.39, 0.29) is 18.6 Å². The van der Waals surface area contributed by atoms with Crippen LogP contribution in [0.1, 0.15) is 20.3 Å². The summed E-state index contributed by atoms with van der Waals surface area (Å²) in [6.07, 6.45) is 0.904.